The second-order valence-corrected chi connectivity index (χ2v) is 5.96. The Balaban J connectivity index is 2.39. The van der Waals surface area contributed by atoms with Gasteiger partial charge in [-0.15, -0.1) is 0 Å². The van der Waals surface area contributed by atoms with E-state index in [2.05, 4.69) is 5.32 Å². The van der Waals surface area contributed by atoms with Crippen LogP contribution in [0.15, 0.2) is 42.5 Å². The van der Waals surface area contributed by atoms with E-state index in [4.69, 9.17) is 0 Å². The molecule has 0 aliphatic heterocycles. The Hall–Kier alpha value is -2.68. The maximum atomic E-state index is 13.0. The fourth-order valence-corrected chi connectivity index (χ4v) is 2.57. The monoisotopic (exact) mass is 347 g/mol. The van der Waals surface area contributed by atoms with Gasteiger partial charge < -0.3 is 10.2 Å². The zero-order valence-electron chi connectivity index (χ0n) is 14.4. The molecule has 3 nitrogen and oxygen atoms in total. The molecule has 6 heteroatoms. The molecule has 132 valence electrons. The average Bonchev–Trinajstić information content (AvgIpc) is 2.58. The summed E-state index contributed by atoms with van der Waals surface area (Å²) < 4.78 is 38.9. The van der Waals surface area contributed by atoms with Crippen molar-refractivity contribution in [2.45, 2.75) is 25.6 Å². The van der Waals surface area contributed by atoms with Gasteiger partial charge in [0.2, 0.25) is 0 Å². The summed E-state index contributed by atoms with van der Waals surface area (Å²) >= 11 is 0. The molecule has 1 unspecified atom stereocenters. The smallest absolute Gasteiger partial charge is 0.378 e. The van der Waals surface area contributed by atoms with Crippen LogP contribution >= 0.6 is 0 Å². The highest BCUT2D eigenvalue weighted by atomic mass is 19.4. The van der Waals surface area contributed by atoms with Gasteiger partial charge in [-0.3, -0.25) is 0 Å². The summed E-state index contributed by atoms with van der Waals surface area (Å²) in [4.78, 5) is 1.96. The molecule has 0 saturated heterocycles. The maximum absolute atomic E-state index is 13.0. The topological polar surface area (TPSA) is 39.1 Å². The van der Waals surface area contributed by atoms with Crippen molar-refractivity contribution in [2.24, 2.45) is 0 Å². The molecule has 2 aromatic rings. The van der Waals surface area contributed by atoms with Crippen LogP contribution in [-0.2, 0) is 6.18 Å². The highest BCUT2D eigenvalue weighted by molar-refractivity contribution is 5.61. The molecule has 0 fully saturated rings. The van der Waals surface area contributed by atoms with Gasteiger partial charge in [-0.2, -0.15) is 18.4 Å². The number of hydrogen-bond donors (Lipinski definition) is 1. The van der Waals surface area contributed by atoms with Gasteiger partial charge in [-0.25, -0.2) is 0 Å². The summed E-state index contributed by atoms with van der Waals surface area (Å²) in [6, 6.07) is 12.7. The van der Waals surface area contributed by atoms with Gasteiger partial charge in [0.1, 0.15) is 6.07 Å². The predicted molar refractivity (Wildman–Crippen MR) is 93.6 cm³/mol. The SMILES string of the molecule is CCC(Nc1cc(C(F)(F)F)ccc1C#N)c1cccc(N(C)C)c1. The Morgan fingerprint density at radius 3 is 2.44 bits per heavy atom. The zero-order chi connectivity index (χ0) is 18.6. The lowest BCUT2D eigenvalue weighted by molar-refractivity contribution is -0.137. The second-order valence-electron chi connectivity index (χ2n) is 5.96. The van der Waals surface area contributed by atoms with Crippen molar-refractivity contribution in [3.63, 3.8) is 0 Å². The van der Waals surface area contributed by atoms with Gasteiger partial charge >= 0.3 is 6.18 Å². The number of nitrogens with zero attached hydrogens (tertiary/aromatic N) is 2. The molecule has 2 aromatic carbocycles. The van der Waals surface area contributed by atoms with Crippen LogP contribution in [0.3, 0.4) is 0 Å². The molecule has 0 aliphatic carbocycles. The Labute approximate surface area is 145 Å². The Morgan fingerprint density at radius 2 is 1.88 bits per heavy atom. The lowest BCUT2D eigenvalue weighted by atomic mass is 10.0. The third kappa shape index (κ3) is 4.44. The van der Waals surface area contributed by atoms with Gasteiger partial charge in [0.25, 0.3) is 0 Å². The van der Waals surface area contributed by atoms with Crippen molar-refractivity contribution >= 4 is 11.4 Å². The molecule has 0 spiro atoms. The Bertz CT molecular complexity index is 776. The first-order chi connectivity index (χ1) is 11.8. The third-order valence-electron chi connectivity index (χ3n) is 3.99. The van der Waals surface area contributed by atoms with E-state index in [-0.39, 0.29) is 17.3 Å². The van der Waals surface area contributed by atoms with E-state index >= 15 is 0 Å². The number of halogens is 3. The number of nitrogens with one attached hydrogen (secondary N) is 1. The van der Waals surface area contributed by atoms with Crippen molar-refractivity contribution in [3.8, 4) is 6.07 Å². The number of alkyl halides is 3. The van der Waals surface area contributed by atoms with Crippen LogP contribution in [0.5, 0.6) is 0 Å². The van der Waals surface area contributed by atoms with E-state index in [0.29, 0.717) is 6.42 Å². The standard InChI is InChI=1S/C19H20F3N3/c1-4-17(13-6-5-7-16(10-13)25(2)3)24-18-11-15(19(20,21)22)9-8-14(18)12-23/h5-11,17,24H,4H2,1-3H3. The van der Waals surface area contributed by atoms with Crippen molar-refractivity contribution < 1.29 is 13.2 Å². The van der Waals surface area contributed by atoms with Gasteiger partial charge in [0.05, 0.1) is 22.9 Å². The first-order valence-corrected chi connectivity index (χ1v) is 7.91. The number of benzene rings is 2. The minimum absolute atomic E-state index is 0.190. The van der Waals surface area contributed by atoms with Crippen LogP contribution in [0, 0.1) is 11.3 Å². The van der Waals surface area contributed by atoms with E-state index in [9.17, 15) is 18.4 Å². The Kier molecular flexibility index (Phi) is 5.58. The quantitative estimate of drug-likeness (QED) is 0.807. The molecular weight excluding hydrogens is 327 g/mol. The molecule has 0 aliphatic rings. The summed E-state index contributed by atoms with van der Waals surface area (Å²) in [7, 11) is 3.85. The summed E-state index contributed by atoms with van der Waals surface area (Å²) in [6.45, 7) is 1.94. The van der Waals surface area contributed by atoms with Crippen molar-refractivity contribution in [1.82, 2.24) is 0 Å². The van der Waals surface area contributed by atoms with Crippen LogP contribution in [0.25, 0.3) is 0 Å². The molecule has 0 radical (unpaired) electrons. The lowest BCUT2D eigenvalue weighted by Crippen LogP contribution is -2.14. The van der Waals surface area contributed by atoms with E-state index in [1.165, 1.54) is 6.07 Å². The van der Waals surface area contributed by atoms with E-state index in [1.807, 2.05) is 56.3 Å². The van der Waals surface area contributed by atoms with Crippen LogP contribution in [0.2, 0.25) is 0 Å². The van der Waals surface area contributed by atoms with Crippen molar-refractivity contribution in [1.29, 1.82) is 5.26 Å². The van der Waals surface area contributed by atoms with Gasteiger partial charge in [0.15, 0.2) is 0 Å². The van der Waals surface area contributed by atoms with Gasteiger partial charge in [-0.05, 0) is 42.3 Å². The second kappa shape index (κ2) is 7.47. The summed E-state index contributed by atoms with van der Waals surface area (Å²) in [5.41, 5.74) is 1.57. The van der Waals surface area contributed by atoms with Crippen molar-refractivity contribution in [3.05, 3.63) is 59.2 Å². The molecule has 0 bridgehead atoms. The Morgan fingerprint density at radius 1 is 1.16 bits per heavy atom. The fraction of sp³-hybridized carbons (Fsp3) is 0.316. The molecular formula is C19H20F3N3. The van der Waals surface area contributed by atoms with Gasteiger partial charge in [0, 0.05) is 19.8 Å². The molecule has 2 rings (SSSR count). The normalized spacial score (nSPS) is 12.4. The largest absolute Gasteiger partial charge is 0.416 e. The minimum atomic E-state index is -4.45. The zero-order valence-corrected chi connectivity index (χ0v) is 14.4. The number of hydrogen-bond acceptors (Lipinski definition) is 3. The van der Waals surface area contributed by atoms with E-state index in [1.54, 1.807) is 0 Å². The lowest BCUT2D eigenvalue weighted by Gasteiger charge is -2.22. The minimum Gasteiger partial charge on any atom is -0.378 e. The molecule has 25 heavy (non-hydrogen) atoms. The highest BCUT2D eigenvalue weighted by Crippen LogP contribution is 2.34. The first kappa shape index (κ1) is 18.7. The summed E-state index contributed by atoms with van der Waals surface area (Å²) in [6.07, 6.45) is -3.78. The predicted octanol–water partition coefficient (Wildman–Crippen LogP) is 5.21. The molecule has 0 saturated carbocycles. The highest BCUT2D eigenvalue weighted by Gasteiger charge is 2.31. The van der Waals surface area contributed by atoms with Gasteiger partial charge in [-0.1, -0.05) is 19.1 Å². The van der Waals surface area contributed by atoms with E-state index in [0.717, 1.165) is 23.4 Å². The molecule has 0 aromatic heterocycles. The van der Waals surface area contributed by atoms with Crippen LogP contribution < -0.4 is 10.2 Å². The fourth-order valence-electron chi connectivity index (χ4n) is 2.57. The number of rotatable bonds is 5. The summed E-state index contributed by atoms with van der Waals surface area (Å²) in [5.74, 6) is 0. The first-order valence-electron chi connectivity index (χ1n) is 7.91. The summed E-state index contributed by atoms with van der Waals surface area (Å²) in [5, 5.41) is 12.3. The number of nitriles is 1. The van der Waals surface area contributed by atoms with Crippen LogP contribution in [-0.4, -0.2) is 14.1 Å². The third-order valence-corrected chi connectivity index (χ3v) is 3.99. The maximum Gasteiger partial charge on any atom is 0.416 e. The number of anilines is 2. The van der Waals surface area contributed by atoms with Crippen LogP contribution in [0.1, 0.15) is 36.1 Å². The molecule has 1 atom stereocenters. The van der Waals surface area contributed by atoms with Crippen molar-refractivity contribution in [2.75, 3.05) is 24.3 Å². The average molecular weight is 347 g/mol. The van der Waals surface area contributed by atoms with Crippen LogP contribution in [0.4, 0.5) is 24.5 Å². The molecule has 0 heterocycles. The molecule has 0 amide bonds. The van der Waals surface area contributed by atoms with E-state index < -0.39 is 11.7 Å². The molecule has 1 N–H and O–H groups in total.